The molecule has 2 N–H and O–H groups in total. The van der Waals surface area contributed by atoms with Crippen LogP contribution in [0.1, 0.15) is 37.3 Å². The molecule has 0 saturated carbocycles. The van der Waals surface area contributed by atoms with Crippen molar-refractivity contribution < 1.29 is 0 Å². The molecule has 0 spiro atoms. The van der Waals surface area contributed by atoms with E-state index in [1.54, 1.807) is 24.3 Å². The first-order chi connectivity index (χ1) is 16.9. The van der Waals surface area contributed by atoms with E-state index < -0.39 is 0 Å². The van der Waals surface area contributed by atoms with Gasteiger partial charge in [-0.1, -0.05) is 68.4 Å². The van der Waals surface area contributed by atoms with Crippen LogP contribution in [0.25, 0.3) is 28.2 Å². The maximum absolute atomic E-state index is 9.03. The van der Waals surface area contributed by atoms with E-state index in [9.17, 15) is 0 Å². The quantitative estimate of drug-likeness (QED) is 0.424. The molecule has 0 unspecified atom stereocenters. The number of benzene rings is 2. The Labute approximate surface area is 214 Å². The first kappa shape index (κ1) is 26.3. The molecule has 0 aliphatic carbocycles. The number of allylic oxidation sites excluding steroid dienone is 1. The zero-order valence-corrected chi connectivity index (χ0v) is 21.5. The van der Waals surface area contributed by atoms with Crippen LogP contribution in [-0.2, 0) is 0 Å². The highest BCUT2D eigenvalue weighted by Gasteiger charge is 2.15. The Morgan fingerprint density at radius 1 is 1.20 bits per heavy atom. The van der Waals surface area contributed by atoms with Crippen LogP contribution in [0.15, 0.2) is 61.3 Å². The number of nitriles is 1. The molecule has 0 radical (unpaired) electrons. The number of nitrogen functional groups attached to an aromatic ring is 1. The fourth-order valence-electron chi connectivity index (χ4n) is 4.00. The molecule has 1 saturated heterocycles. The molecule has 182 valence electrons. The molecule has 5 nitrogen and oxygen atoms in total. The van der Waals surface area contributed by atoms with E-state index >= 15 is 0 Å². The fourth-order valence-corrected chi connectivity index (χ4v) is 4.25. The van der Waals surface area contributed by atoms with Crippen molar-refractivity contribution in [1.29, 1.82) is 5.26 Å². The number of hydrogen-bond acceptors (Lipinski definition) is 5. The van der Waals surface area contributed by atoms with Crippen LogP contribution in [-0.4, -0.2) is 48.0 Å². The highest BCUT2D eigenvalue weighted by molar-refractivity contribution is 6.38. The molecule has 1 fully saturated rings. The molecule has 4 rings (SSSR count). The molecular formula is C29H34ClN5. The molecule has 1 aliphatic heterocycles. The third-order valence-electron chi connectivity index (χ3n) is 6.25. The topological polar surface area (TPSA) is 69.2 Å². The lowest BCUT2D eigenvalue weighted by Crippen LogP contribution is -2.43. The number of nitrogens with zero attached hydrogens (tertiary/aromatic N) is 4. The second-order valence-corrected chi connectivity index (χ2v) is 9.20. The van der Waals surface area contributed by atoms with Gasteiger partial charge in [-0.05, 0) is 43.7 Å². The lowest BCUT2D eigenvalue weighted by atomic mass is 10.0. The van der Waals surface area contributed by atoms with Gasteiger partial charge in [-0.2, -0.15) is 5.26 Å². The van der Waals surface area contributed by atoms with Crippen molar-refractivity contribution >= 4 is 34.3 Å². The summed E-state index contributed by atoms with van der Waals surface area (Å²) in [6.07, 6.45) is 5.49. The predicted molar refractivity (Wildman–Crippen MR) is 149 cm³/mol. The van der Waals surface area contributed by atoms with Gasteiger partial charge in [0.25, 0.3) is 0 Å². The second kappa shape index (κ2) is 12.4. The van der Waals surface area contributed by atoms with Crippen LogP contribution in [0.3, 0.4) is 0 Å². The SMILES string of the molecule is C=C(CCCC)N1CCN(C)CC1.C=Cc1ccc2c(Cl)c(N)c(-c3cccc(C#N)c3)nc2c1. The molecule has 2 heterocycles. The normalized spacial score (nSPS) is 13.6. The molecule has 1 aromatic heterocycles. The Morgan fingerprint density at radius 2 is 1.94 bits per heavy atom. The van der Waals surface area contributed by atoms with Crippen molar-refractivity contribution in [2.24, 2.45) is 0 Å². The molecule has 0 atom stereocenters. The lowest BCUT2D eigenvalue weighted by Gasteiger charge is -2.35. The highest BCUT2D eigenvalue weighted by Crippen LogP contribution is 2.36. The predicted octanol–water partition coefficient (Wildman–Crippen LogP) is 6.59. The van der Waals surface area contributed by atoms with E-state index in [0.29, 0.717) is 22.0 Å². The zero-order valence-electron chi connectivity index (χ0n) is 20.7. The van der Waals surface area contributed by atoms with Crippen molar-refractivity contribution in [3.8, 4) is 17.3 Å². The summed E-state index contributed by atoms with van der Waals surface area (Å²) in [5.74, 6) is 0. The second-order valence-electron chi connectivity index (χ2n) is 8.82. The third-order valence-corrected chi connectivity index (χ3v) is 6.66. The molecule has 0 bridgehead atoms. The lowest BCUT2D eigenvalue weighted by molar-refractivity contribution is 0.182. The number of rotatable bonds is 6. The monoisotopic (exact) mass is 487 g/mol. The van der Waals surface area contributed by atoms with Crippen molar-refractivity contribution in [2.75, 3.05) is 39.0 Å². The Balaban J connectivity index is 0.000000225. The van der Waals surface area contributed by atoms with Crippen LogP contribution in [0.5, 0.6) is 0 Å². The van der Waals surface area contributed by atoms with Gasteiger partial charge in [0, 0.05) is 42.8 Å². The molecule has 35 heavy (non-hydrogen) atoms. The van der Waals surface area contributed by atoms with E-state index in [-0.39, 0.29) is 0 Å². The largest absolute Gasteiger partial charge is 0.396 e. The maximum atomic E-state index is 9.03. The summed E-state index contributed by atoms with van der Waals surface area (Å²) < 4.78 is 0. The maximum Gasteiger partial charge on any atom is 0.0991 e. The number of aromatic nitrogens is 1. The summed E-state index contributed by atoms with van der Waals surface area (Å²) in [4.78, 5) is 9.44. The first-order valence-electron chi connectivity index (χ1n) is 12.0. The number of piperazine rings is 1. The van der Waals surface area contributed by atoms with Gasteiger partial charge in [-0.15, -0.1) is 0 Å². The van der Waals surface area contributed by atoms with E-state index in [2.05, 4.69) is 48.0 Å². The number of halogens is 1. The molecule has 3 aromatic rings. The van der Waals surface area contributed by atoms with Gasteiger partial charge in [0.1, 0.15) is 0 Å². The van der Waals surface area contributed by atoms with Gasteiger partial charge >= 0.3 is 0 Å². The average Bonchev–Trinajstić information content (AvgIpc) is 2.89. The highest BCUT2D eigenvalue weighted by atomic mass is 35.5. The molecule has 0 amide bonds. The average molecular weight is 488 g/mol. The molecule has 2 aromatic carbocycles. The van der Waals surface area contributed by atoms with Gasteiger partial charge < -0.3 is 15.5 Å². The van der Waals surface area contributed by atoms with Crippen LogP contribution in [0.4, 0.5) is 5.69 Å². The standard InChI is InChI=1S/C18H12ClN3.C11H22N2/c1-2-11-6-7-14-15(9-11)22-18(17(21)16(14)19)13-5-3-4-12(8-13)10-20;1-4-5-6-11(2)13-9-7-12(3)8-10-13/h2-9H,1,21H2;2,4-10H2,1,3H3. The van der Waals surface area contributed by atoms with E-state index in [4.69, 9.17) is 22.6 Å². The summed E-state index contributed by atoms with van der Waals surface area (Å²) in [6.45, 7) is 14.8. The van der Waals surface area contributed by atoms with Gasteiger partial charge in [0.15, 0.2) is 0 Å². The fraction of sp³-hybridized carbons (Fsp3) is 0.310. The Bertz CT molecular complexity index is 1240. The number of fused-ring (bicyclic) bond motifs is 1. The zero-order chi connectivity index (χ0) is 25.4. The number of anilines is 1. The van der Waals surface area contributed by atoms with E-state index in [0.717, 1.165) is 22.0 Å². The number of hydrogen-bond donors (Lipinski definition) is 1. The van der Waals surface area contributed by atoms with Crippen molar-refractivity contribution in [1.82, 2.24) is 14.8 Å². The smallest absolute Gasteiger partial charge is 0.0991 e. The number of pyridine rings is 1. The van der Waals surface area contributed by atoms with Crippen molar-refractivity contribution in [3.05, 3.63) is 77.5 Å². The summed E-state index contributed by atoms with van der Waals surface area (Å²) in [5.41, 5.74) is 11.5. The third kappa shape index (κ3) is 6.63. The van der Waals surface area contributed by atoms with Gasteiger partial charge in [0.2, 0.25) is 0 Å². The van der Waals surface area contributed by atoms with Gasteiger partial charge in [-0.25, -0.2) is 4.98 Å². The minimum absolute atomic E-state index is 0.413. The molecular weight excluding hydrogens is 454 g/mol. The van der Waals surface area contributed by atoms with Crippen LogP contribution in [0.2, 0.25) is 5.02 Å². The molecule has 1 aliphatic rings. The summed E-state index contributed by atoms with van der Waals surface area (Å²) in [7, 11) is 2.19. The first-order valence-corrected chi connectivity index (χ1v) is 12.4. The molecule has 6 heteroatoms. The van der Waals surface area contributed by atoms with Crippen LogP contribution >= 0.6 is 11.6 Å². The Morgan fingerprint density at radius 3 is 2.60 bits per heavy atom. The number of likely N-dealkylation sites (N-methyl/N-ethyl adjacent to an activating group) is 1. The van der Waals surface area contributed by atoms with Crippen molar-refractivity contribution in [2.45, 2.75) is 26.2 Å². The van der Waals surface area contributed by atoms with Crippen molar-refractivity contribution in [3.63, 3.8) is 0 Å². The summed E-state index contributed by atoms with van der Waals surface area (Å²) in [6, 6.07) is 15.0. The van der Waals surface area contributed by atoms with Crippen LogP contribution in [0, 0.1) is 11.3 Å². The van der Waals surface area contributed by atoms with E-state index in [1.807, 2.05) is 24.3 Å². The summed E-state index contributed by atoms with van der Waals surface area (Å²) in [5, 5.41) is 10.3. The van der Waals surface area contributed by atoms with Gasteiger partial charge in [0.05, 0.1) is 33.6 Å². The number of nitrogens with two attached hydrogens (primary N) is 1. The Kier molecular flexibility index (Phi) is 9.31. The number of unbranched alkanes of at least 4 members (excludes halogenated alkanes) is 1. The summed E-state index contributed by atoms with van der Waals surface area (Å²) >= 11 is 6.39. The minimum Gasteiger partial charge on any atom is -0.396 e. The Hall–Kier alpha value is -3.33. The van der Waals surface area contributed by atoms with E-state index in [1.165, 1.54) is 51.1 Å². The minimum atomic E-state index is 0.413. The van der Waals surface area contributed by atoms with Gasteiger partial charge in [-0.3, -0.25) is 0 Å². The van der Waals surface area contributed by atoms with Crippen LogP contribution < -0.4 is 5.73 Å².